The first-order valence-electron chi connectivity index (χ1n) is 10.8. The minimum atomic E-state index is -1.39. The second-order valence-corrected chi connectivity index (χ2v) is 11.1. The molecule has 15 nitrogen and oxygen atoms in total. The number of fused-ring (bicyclic) bond motifs is 1. The Balaban J connectivity index is 1.44. The van der Waals surface area contributed by atoms with Crippen LogP contribution < -0.4 is 38.1 Å². The number of hydrogen-bond acceptors (Lipinski definition) is 15. The fourth-order valence-electron chi connectivity index (χ4n) is 3.64. The molecule has 3 atom stereocenters. The van der Waals surface area contributed by atoms with Gasteiger partial charge in [-0.25, -0.2) is 4.98 Å². The van der Waals surface area contributed by atoms with Crippen molar-refractivity contribution >= 4 is 75.0 Å². The van der Waals surface area contributed by atoms with Crippen LogP contribution in [0.3, 0.4) is 0 Å². The smallest absolute Gasteiger partial charge is 0.384 e. The highest BCUT2D eigenvalue weighted by Crippen LogP contribution is 2.43. The molecule has 0 saturated carbocycles. The molecule has 2 unspecified atom stereocenters. The number of amides is 2. The van der Waals surface area contributed by atoms with Crippen molar-refractivity contribution in [3.05, 3.63) is 17.3 Å². The molecule has 37 heavy (non-hydrogen) atoms. The Morgan fingerprint density at radius 1 is 1.41 bits per heavy atom. The summed E-state index contributed by atoms with van der Waals surface area (Å²) in [5.74, 6) is 3.66. The third-order valence-corrected chi connectivity index (χ3v) is 9.14. The van der Waals surface area contributed by atoms with Crippen molar-refractivity contribution in [2.45, 2.75) is 23.5 Å². The zero-order chi connectivity index (χ0) is 26.9. The zero-order valence-corrected chi connectivity index (χ0v) is 21.9. The molecule has 2 saturated heterocycles. The summed E-state index contributed by atoms with van der Waals surface area (Å²) in [6.45, 7) is 1.81. The third kappa shape index (κ3) is 5.16. The van der Waals surface area contributed by atoms with Crippen molar-refractivity contribution in [1.29, 1.82) is 0 Å². The van der Waals surface area contributed by atoms with Gasteiger partial charge in [-0.3, -0.25) is 15.4 Å². The van der Waals surface area contributed by atoms with Crippen LogP contribution in [0, 0.1) is 5.41 Å². The molecule has 0 bridgehead atoms. The van der Waals surface area contributed by atoms with E-state index >= 15 is 0 Å². The van der Waals surface area contributed by atoms with Gasteiger partial charge in [-0.15, -0.1) is 27.8 Å². The predicted octanol–water partition coefficient (Wildman–Crippen LogP) is -3.04. The molecule has 2 aliphatic heterocycles. The molecule has 0 aromatic carbocycles. The topological polar surface area (TPSA) is 245 Å². The van der Waals surface area contributed by atoms with Crippen molar-refractivity contribution in [2.24, 2.45) is 10.6 Å². The van der Waals surface area contributed by atoms with E-state index in [-0.39, 0.29) is 57.9 Å². The molecule has 2 aromatic rings. The Labute approximate surface area is 222 Å². The fourth-order valence-corrected chi connectivity index (χ4v) is 6.94. The molecule has 198 valence electrons. The first kappa shape index (κ1) is 26.6. The van der Waals surface area contributed by atoms with Gasteiger partial charge in [0.1, 0.15) is 35.6 Å². The van der Waals surface area contributed by atoms with E-state index in [2.05, 4.69) is 20.4 Å². The number of nitrogens with zero attached hydrogens (tertiary/aromatic N) is 5. The Morgan fingerprint density at radius 3 is 2.81 bits per heavy atom. The minimum Gasteiger partial charge on any atom is -0.549 e. The number of anilines is 3. The normalized spacial score (nSPS) is 23.2. The maximum Gasteiger partial charge on any atom is 0.384 e. The standard InChI is InChI=1S/C19H24N10O5S3/c1-2-34-27-10(9-4-35-17(22)24-9)13(30)25-11-14(31)28-5-19(16(32)33,6-36-15(11)28)7-37-18-26-12(21)8(20)3-29(18)23/h3-4,11,15,21H,2,5-7,20,23H2,1H3,(H4,22,24,25,30,32,33)/t11?,15-,19?/m1/s1. The van der Waals surface area contributed by atoms with Crippen LogP contribution in [0.15, 0.2) is 21.9 Å². The number of carboxylic acid groups (broad SMARTS) is 1. The Bertz CT molecular complexity index is 1270. The average Bonchev–Trinajstić information content (AvgIpc) is 3.29. The molecular formula is C19H24N10O5S3. The second-order valence-electron chi connectivity index (χ2n) is 8.18. The lowest BCUT2D eigenvalue weighted by Crippen LogP contribution is -2.75. The number of aromatic nitrogens is 3. The van der Waals surface area contributed by atoms with Gasteiger partial charge in [0.2, 0.25) is 5.91 Å². The van der Waals surface area contributed by atoms with Crippen LogP contribution in [-0.2, 0) is 19.2 Å². The highest BCUT2D eigenvalue weighted by atomic mass is 32.2. The summed E-state index contributed by atoms with van der Waals surface area (Å²) in [5.41, 5.74) is 16.0. The molecule has 9 N–H and O–H groups in total. The fraction of sp³-hybridized carbons (Fsp3) is 0.421. The zero-order valence-electron chi connectivity index (χ0n) is 19.4. The van der Waals surface area contributed by atoms with Gasteiger partial charge >= 0.3 is 5.16 Å². The first-order chi connectivity index (χ1) is 17.6. The number of carbonyl (C=O) groups excluding carboxylic acids is 3. The lowest BCUT2D eigenvalue weighted by Gasteiger charge is -2.55. The van der Waals surface area contributed by atoms with Gasteiger partial charge in [0, 0.05) is 28.8 Å². The molecule has 18 heteroatoms. The van der Waals surface area contributed by atoms with Crippen molar-refractivity contribution in [2.75, 3.05) is 47.7 Å². The van der Waals surface area contributed by atoms with Crippen molar-refractivity contribution < 1.29 is 29.0 Å². The number of hydrogen-bond donors (Lipinski definition) is 5. The van der Waals surface area contributed by atoms with E-state index in [1.807, 2.05) is 0 Å². The maximum absolute atomic E-state index is 12.9. The van der Waals surface area contributed by atoms with Gasteiger partial charge in [0.25, 0.3) is 11.7 Å². The Kier molecular flexibility index (Phi) is 7.51. The van der Waals surface area contributed by atoms with Crippen LogP contribution in [0.2, 0.25) is 0 Å². The van der Waals surface area contributed by atoms with E-state index in [0.29, 0.717) is 0 Å². The summed E-state index contributed by atoms with van der Waals surface area (Å²) in [6.07, 6.45) is 1.37. The molecule has 0 aliphatic carbocycles. The number of nitrogen functional groups attached to an aromatic ring is 4. The van der Waals surface area contributed by atoms with E-state index in [9.17, 15) is 19.5 Å². The van der Waals surface area contributed by atoms with Gasteiger partial charge in [0.05, 0.1) is 5.97 Å². The van der Waals surface area contributed by atoms with Crippen molar-refractivity contribution in [3.8, 4) is 0 Å². The molecule has 0 radical (unpaired) electrons. The molecule has 2 amide bonds. The summed E-state index contributed by atoms with van der Waals surface area (Å²) in [5, 5.41) is 20.3. The molecule has 0 spiro atoms. The van der Waals surface area contributed by atoms with Crippen LogP contribution in [0.25, 0.3) is 0 Å². The summed E-state index contributed by atoms with van der Waals surface area (Å²) in [4.78, 5) is 52.6. The summed E-state index contributed by atoms with van der Waals surface area (Å²) >= 11 is 3.41. The number of thiazole rings is 1. The van der Waals surface area contributed by atoms with Gasteiger partial charge in [-0.2, -0.15) is 0 Å². The van der Waals surface area contributed by atoms with E-state index in [0.717, 1.165) is 27.8 Å². The van der Waals surface area contributed by atoms with Crippen LogP contribution in [-0.4, -0.2) is 74.4 Å². The van der Waals surface area contributed by atoms with Crippen molar-refractivity contribution in [1.82, 2.24) is 20.2 Å². The quantitative estimate of drug-likeness (QED) is 0.0384. The predicted molar refractivity (Wildman–Crippen MR) is 136 cm³/mol. The molecule has 2 fully saturated rings. The first-order valence-corrected chi connectivity index (χ1v) is 13.7. The summed E-state index contributed by atoms with van der Waals surface area (Å²) in [6, 6.07) is -0.877. The van der Waals surface area contributed by atoms with Crippen LogP contribution in [0.5, 0.6) is 0 Å². The molecule has 2 aliphatic rings. The Hall–Kier alpha value is -3.51. The third-order valence-electron chi connectivity index (χ3n) is 5.62. The molecule has 4 heterocycles. The SMILES string of the molecule is CCON=C(C(=O)NC1C(=O)N2CC(CSc3nc(N)c(N)c[n+]3N)(C(=O)[O-])CS[C@H]12)c1csc(N)n1. The van der Waals surface area contributed by atoms with Crippen LogP contribution in [0.4, 0.5) is 16.6 Å². The highest BCUT2D eigenvalue weighted by Gasteiger charge is 2.56. The average molecular weight is 569 g/mol. The minimum absolute atomic E-state index is 0.0137. The molecular weight excluding hydrogens is 544 g/mol. The molecule has 2 aromatic heterocycles. The largest absolute Gasteiger partial charge is 0.549 e. The number of aliphatic carboxylic acids is 1. The van der Waals surface area contributed by atoms with Crippen LogP contribution >= 0.6 is 34.9 Å². The van der Waals surface area contributed by atoms with Gasteiger partial charge in [0.15, 0.2) is 10.8 Å². The lowest BCUT2D eigenvalue weighted by atomic mass is 9.89. The maximum atomic E-state index is 12.9. The number of carbonyl (C=O) groups is 3. The van der Waals surface area contributed by atoms with Crippen LogP contribution in [0.1, 0.15) is 12.6 Å². The summed E-state index contributed by atoms with van der Waals surface area (Å²) < 4.78 is 1.15. The number of rotatable bonds is 9. The second kappa shape index (κ2) is 10.5. The summed E-state index contributed by atoms with van der Waals surface area (Å²) in [7, 11) is 0. The number of nitrogens with two attached hydrogens (primary N) is 4. The number of oxime groups is 1. The highest BCUT2D eigenvalue weighted by molar-refractivity contribution is 8.00. The number of nitrogens with one attached hydrogen (secondary N) is 1. The van der Waals surface area contributed by atoms with E-state index in [1.165, 1.54) is 22.9 Å². The number of thioether (sulfide) groups is 2. The van der Waals surface area contributed by atoms with Crippen molar-refractivity contribution in [3.63, 3.8) is 0 Å². The van der Waals surface area contributed by atoms with Gasteiger partial charge < -0.3 is 42.2 Å². The Morgan fingerprint density at radius 2 is 2.16 bits per heavy atom. The van der Waals surface area contributed by atoms with E-state index < -0.39 is 34.6 Å². The lowest BCUT2D eigenvalue weighted by molar-refractivity contribution is -0.681. The monoisotopic (exact) mass is 568 g/mol. The number of carboxylic acids is 1. The van der Waals surface area contributed by atoms with Gasteiger partial charge in [-0.05, 0) is 23.7 Å². The van der Waals surface area contributed by atoms with E-state index in [4.69, 9.17) is 27.9 Å². The van der Waals surface area contributed by atoms with E-state index in [1.54, 1.807) is 12.3 Å². The van der Waals surface area contributed by atoms with Gasteiger partial charge in [-0.1, -0.05) is 5.16 Å². The molecule has 4 rings (SSSR count). The number of β-lactam (4-membered cyclic amide) rings is 1.